The molecule has 3 nitrogen and oxygen atoms in total. The van der Waals surface area contributed by atoms with E-state index in [1.165, 1.54) is 0 Å². The summed E-state index contributed by atoms with van der Waals surface area (Å²) >= 11 is 3.39. The summed E-state index contributed by atoms with van der Waals surface area (Å²) in [6.07, 6.45) is 1.75. The minimum absolute atomic E-state index is 0.00193. The number of aromatic nitrogens is 1. The molecule has 0 fully saturated rings. The standard InChI is InChI=1S/C13H13BrN2O/c1-16(13(17)12-3-2-8-15-12)9-10-4-6-11(14)7-5-10/h2-8,15H,9H2,1H3. The van der Waals surface area contributed by atoms with Crippen LogP contribution in [0.3, 0.4) is 0 Å². The van der Waals surface area contributed by atoms with E-state index in [0.29, 0.717) is 12.2 Å². The molecule has 1 amide bonds. The van der Waals surface area contributed by atoms with E-state index in [1.54, 1.807) is 24.2 Å². The molecule has 1 heterocycles. The number of carbonyl (C=O) groups excluding carboxylic acids is 1. The van der Waals surface area contributed by atoms with E-state index >= 15 is 0 Å². The van der Waals surface area contributed by atoms with Gasteiger partial charge in [0, 0.05) is 24.3 Å². The molecule has 88 valence electrons. The van der Waals surface area contributed by atoms with E-state index in [-0.39, 0.29) is 5.91 Å². The topological polar surface area (TPSA) is 36.1 Å². The normalized spacial score (nSPS) is 10.2. The summed E-state index contributed by atoms with van der Waals surface area (Å²) in [5.41, 5.74) is 1.72. The van der Waals surface area contributed by atoms with Crippen LogP contribution in [0.1, 0.15) is 16.1 Å². The molecule has 0 saturated heterocycles. The third kappa shape index (κ3) is 2.97. The third-order valence-electron chi connectivity index (χ3n) is 2.51. The second-order valence-corrected chi connectivity index (χ2v) is 4.79. The van der Waals surface area contributed by atoms with Gasteiger partial charge >= 0.3 is 0 Å². The molecular formula is C13H13BrN2O. The number of nitrogens with zero attached hydrogens (tertiary/aromatic N) is 1. The molecule has 0 spiro atoms. The molecular weight excluding hydrogens is 280 g/mol. The van der Waals surface area contributed by atoms with Gasteiger partial charge in [-0.15, -0.1) is 0 Å². The van der Waals surface area contributed by atoms with Gasteiger partial charge in [-0.05, 0) is 29.8 Å². The Morgan fingerprint density at radius 2 is 2.00 bits per heavy atom. The van der Waals surface area contributed by atoms with Crippen molar-refractivity contribution in [1.82, 2.24) is 9.88 Å². The highest BCUT2D eigenvalue weighted by Gasteiger charge is 2.12. The SMILES string of the molecule is CN(Cc1ccc(Br)cc1)C(=O)c1ccc[nH]1. The number of hydrogen-bond donors (Lipinski definition) is 1. The zero-order chi connectivity index (χ0) is 12.3. The van der Waals surface area contributed by atoms with E-state index < -0.39 is 0 Å². The molecule has 0 radical (unpaired) electrons. The first-order valence-corrected chi connectivity index (χ1v) is 6.09. The Hall–Kier alpha value is -1.55. The summed E-state index contributed by atoms with van der Waals surface area (Å²) in [6, 6.07) is 11.6. The summed E-state index contributed by atoms with van der Waals surface area (Å²) in [7, 11) is 1.80. The molecule has 0 aliphatic rings. The summed E-state index contributed by atoms with van der Waals surface area (Å²) in [4.78, 5) is 16.6. The summed E-state index contributed by atoms with van der Waals surface area (Å²) in [6.45, 7) is 0.602. The summed E-state index contributed by atoms with van der Waals surface area (Å²) in [5, 5.41) is 0. The Morgan fingerprint density at radius 1 is 1.29 bits per heavy atom. The maximum atomic E-state index is 12.0. The average Bonchev–Trinajstić information content (AvgIpc) is 2.84. The van der Waals surface area contributed by atoms with Crippen molar-refractivity contribution in [3.05, 3.63) is 58.3 Å². The maximum Gasteiger partial charge on any atom is 0.270 e. The second kappa shape index (κ2) is 5.19. The first-order valence-electron chi connectivity index (χ1n) is 5.30. The second-order valence-electron chi connectivity index (χ2n) is 3.87. The number of nitrogens with one attached hydrogen (secondary N) is 1. The van der Waals surface area contributed by atoms with Crippen LogP contribution in [-0.4, -0.2) is 22.8 Å². The number of rotatable bonds is 3. The quantitative estimate of drug-likeness (QED) is 0.927. The molecule has 0 aliphatic carbocycles. The van der Waals surface area contributed by atoms with Gasteiger partial charge in [-0.1, -0.05) is 28.1 Å². The van der Waals surface area contributed by atoms with Crippen molar-refractivity contribution in [3.63, 3.8) is 0 Å². The highest BCUT2D eigenvalue weighted by molar-refractivity contribution is 9.10. The number of amides is 1. The average molecular weight is 293 g/mol. The zero-order valence-corrected chi connectivity index (χ0v) is 11.1. The summed E-state index contributed by atoms with van der Waals surface area (Å²) in [5.74, 6) is -0.00193. The Morgan fingerprint density at radius 3 is 2.59 bits per heavy atom. The summed E-state index contributed by atoms with van der Waals surface area (Å²) < 4.78 is 1.04. The monoisotopic (exact) mass is 292 g/mol. The minimum atomic E-state index is -0.00193. The predicted octanol–water partition coefficient (Wildman–Crippen LogP) is 3.05. The molecule has 0 atom stereocenters. The van der Waals surface area contributed by atoms with Gasteiger partial charge in [-0.2, -0.15) is 0 Å². The van der Waals surface area contributed by atoms with Gasteiger partial charge in [-0.3, -0.25) is 4.79 Å². The third-order valence-corrected chi connectivity index (χ3v) is 3.04. The number of halogens is 1. The van der Waals surface area contributed by atoms with Crippen LogP contribution in [0.25, 0.3) is 0 Å². The molecule has 4 heteroatoms. The highest BCUT2D eigenvalue weighted by atomic mass is 79.9. The molecule has 0 aliphatic heterocycles. The van der Waals surface area contributed by atoms with E-state index in [2.05, 4.69) is 20.9 Å². The van der Waals surface area contributed by atoms with Gasteiger partial charge < -0.3 is 9.88 Å². The molecule has 1 aromatic heterocycles. The molecule has 2 aromatic rings. The molecule has 0 unspecified atom stereocenters. The van der Waals surface area contributed by atoms with Gasteiger partial charge in [0.05, 0.1) is 0 Å². The molecule has 17 heavy (non-hydrogen) atoms. The number of benzene rings is 1. The minimum Gasteiger partial charge on any atom is -0.357 e. The fourth-order valence-electron chi connectivity index (χ4n) is 1.60. The number of carbonyl (C=O) groups is 1. The van der Waals surface area contributed by atoms with Crippen molar-refractivity contribution in [2.24, 2.45) is 0 Å². The zero-order valence-electron chi connectivity index (χ0n) is 9.48. The molecule has 0 bridgehead atoms. The lowest BCUT2D eigenvalue weighted by Gasteiger charge is -2.16. The van der Waals surface area contributed by atoms with Gasteiger partial charge in [0.1, 0.15) is 5.69 Å². The van der Waals surface area contributed by atoms with Crippen LogP contribution in [0.5, 0.6) is 0 Å². The number of aromatic amines is 1. The molecule has 2 rings (SSSR count). The predicted molar refractivity (Wildman–Crippen MR) is 70.7 cm³/mol. The fraction of sp³-hybridized carbons (Fsp3) is 0.154. The molecule has 1 aromatic carbocycles. The Labute approximate surface area is 109 Å². The smallest absolute Gasteiger partial charge is 0.270 e. The number of hydrogen-bond acceptors (Lipinski definition) is 1. The van der Waals surface area contributed by atoms with Crippen molar-refractivity contribution >= 4 is 21.8 Å². The van der Waals surface area contributed by atoms with Crippen molar-refractivity contribution in [2.75, 3.05) is 7.05 Å². The van der Waals surface area contributed by atoms with Crippen LogP contribution in [0.2, 0.25) is 0 Å². The highest BCUT2D eigenvalue weighted by Crippen LogP contribution is 2.12. The van der Waals surface area contributed by atoms with Crippen LogP contribution in [0.4, 0.5) is 0 Å². The van der Waals surface area contributed by atoms with Crippen molar-refractivity contribution in [3.8, 4) is 0 Å². The van der Waals surface area contributed by atoms with Crippen LogP contribution < -0.4 is 0 Å². The van der Waals surface area contributed by atoms with Gasteiger partial charge in [-0.25, -0.2) is 0 Å². The first kappa shape index (κ1) is 11.9. The Balaban J connectivity index is 2.04. The largest absolute Gasteiger partial charge is 0.357 e. The van der Waals surface area contributed by atoms with Crippen LogP contribution >= 0.6 is 15.9 Å². The van der Waals surface area contributed by atoms with E-state index in [4.69, 9.17) is 0 Å². The van der Waals surface area contributed by atoms with Crippen LogP contribution in [0.15, 0.2) is 47.1 Å². The van der Waals surface area contributed by atoms with Gasteiger partial charge in [0.2, 0.25) is 0 Å². The Bertz CT molecular complexity index is 491. The fourth-order valence-corrected chi connectivity index (χ4v) is 1.87. The van der Waals surface area contributed by atoms with Gasteiger partial charge in [0.15, 0.2) is 0 Å². The Kier molecular flexibility index (Phi) is 3.64. The van der Waals surface area contributed by atoms with E-state index in [1.807, 2.05) is 30.3 Å². The maximum absolute atomic E-state index is 12.0. The molecule has 0 saturated carbocycles. The lowest BCUT2D eigenvalue weighted by molar-refractivity contribution is 0.0780. The molecule has 1 N–H and O–H groups in total. The van der Waals surface area contributed by atoms with Crippen molar-refractivity contribution in [2.45, 2.75) is 6.54 Å². The van der Waals surface area contributed by atoms with Crippen LogP contribution in [0, 0.1) is 0 Å². The lowest BCUT2D eigenvalue weighted by atomic mass is 10.2. The lowest BCUT2D eigenvalue weighted by Crippen LogP contribution is -2.26. The van der Waals surface area contributed by atoms with Gasteiger partial charge in [0.25, 0.3) is 5.91 Å². The number of H-pyrrole nitrogens is 1. The van der Waals surface area contributed by atoms with Crippen molar-refractivity contribution < 1.29 is 4.79 Å². The van der Waals surface area contributed by atoms with Crippen LogP contribution in [-0.2, 0) is 6.54 Å². The van der Waals surface area contributed by atoms with E-state index in [0.717, 1.165) is 10.0 Å². The first-order chi connectivity index (χ1) is 8.16. The van der Waals surface area contributed by atoms with Crippen molar-refractivity contribution in [1.29, 1.82) is 0 Å². The van der Waals surface area contributed by atoms with E-state index in [9.17, 15) is 4.79 Å².